The predicted molar refractivity (Wildman–Crippen MR) is 122 cm³/mol. The fourth-order valence-electron chi connectivity index (χ4n) is 2.60. The third-order valence-corrected chi connectivity index (χ3v) is 4.42. The van der Waals surface area contributed by atoms with E-state index in [1.807, 2.05) is 24.3 Å². The van der Waals surface area contributed by atoms with Crippen LogP contribution in [0.5, 0.6) is 0 Å². The quantitative estimate of drug-likeness (QED) is 0.144. The summed E-state index contributed by atoms with van der Waals surface area (Å²) < 4.78 is 4.98. The Balaban J connectivity index is 3.85. The van der Waals surface area contributed by atoms with E-state index in [-0.39, 0.29) is 0 Å². The van der Waals surface area contributed by atoms with Crippen LogP contribution in [0.1, 0.15) is 71.6 Å². The molecule has 2 atom stereocenters. The van der Waals surface area contributed by atoms with E-state index < -0.39 is 24.8 Å². The summed E-state index contributed by atoms with van der Waals surface area (Å²) in [5, 5.41) is 18.7. The number of hydrogen-bond acceptors (Lipinski definition) is 4. The summed E-state index contributed by atoms with van der Waals surface area (Å²) in [5.41, 5.74) is 0. The van der Waals surface area contributed by atoms with Gasteiger partial charge in [0.1, 0.15) is 0 Å². The van der Waals surface area contributed by atoms with Crippen molar-refractivity contribution in [2.75, 3.05) is 6.61 Å². The third kappa shape index (κ3) is 17.9. The fraction of sp³-hybridized carbons (Fsp3) is 0.560. The Morgan fingerprint density at radius 2 is 1.38 bits per heavy atom. The average Bonchev–Trinajstić information content (AvgIpc) is 2.73. The molecule has 0 rings (SSSR count). The van der Waals surface area contributed by atoms with Crippen molar-refractivity contribution in [1.82, 2.24) is 0 Å². The molecule has 2 unspecified atom stereocenters. The summed E-state index contributed by atoms with van der Waals surface area (Å²) in [6, 6.07) is 0. The van der Waals surface area contributed by atoms with Gasteiger partial charge in [-0.05, 0) is 19.3 Å². The first-order valence-corrected chi connectivity index (χ1v) is 11.0. The van der Waals surface area contributed by atoms with Crippen LogP contribution in [0.4, 0.5) is 0 Å². The Bertz CT molecular complexity index is 529. The molecule has 0 aromatic carbocycles. The Morgan fingerprint density at radius 3 is 1.97 bits per heavy atom. The first kappa shape index (κ1) is 27.1. The van der Waals surface area contributed by atoms with Gasteiger partial charge in [0.05, 0.1) is 12.7 Å². The lowest BCUT2D eigenvalue weighted by Gasteiger charge is -2.18. The van der Waals surface area contributed by atoms with Gasteiger partial charge < -0.3 is 14.9 Å². The summed E-state index contributed by atoms with van der Waals surface area (Å²) in [7, 11) is 0. The van der Waals surface area contributed by atoms with Gasteiger partial charge in [0, 0.05) is 6.08 Å². The number of unbranched alkanes of at least 4 members (excludes halogenated alkanes) is 7. The van der Waals surface area contributed by atoms with Crippen molar-refractivity contribution in [3.63, 3.8) is 0 Å². The molecule has 0 amide bonds. The van der Waals surface area contributed by atoms with Gasteiger partial charge in [0.15, 0.2) is 6.10 Å². The monoisotopic (exact) mass is 404 g/mol. The summed E-state index contributed by atoms with van der Waals surface area (Å²) in [6.07, 6.45) is 27.5. The summed E-state index contributed by atoms with van der Waals surface area (Å²) in [6.45, 7) is 3.61. The molecule has 2 N–H and O–H groups in total. The SMILES string of the molecule is CCCCCCCCCC=CC=CC=CC=CC=CC(=O)OC(CO)C(O)CC. The molecule has 4 nitrogen and oxygen atoms in total. The van der Waals surface area contributed by atoms with Crippen LogP contribution in [-0.2, 0) is 9.53 Å². The highest BCUT2D eigenvalue weighted by Crippen LogP contribution is 2.08. The van der Waals surface area contributed by atoms with E-state index in [9.17, 15) is 9.90 Å². The van der Waals surface area contributed by atoms with Crippen molar-refractivity contribution in [3.05, 3.63) is 60.8 Å². The second-order valence-corrected chi connectivity index (χ2v) is 6.99. The van der Waals surface area contributed by atoms with Crippen LogP contribution >= 0.6 is 0 Å². The van der Waals surface area contributed by atoms with Crippen molar-refractivity contribution in [2.45, 2.75) is 83.8 Å². The van der Waals surface area contributed by atoms with Crippen LogP contribution in [0.15, 0.2) is 60.8 Å². The Morgan fingerprint density at radius 1 is 0.828 bits per heavy atom. The zero-order chi connectivity index (χ0) is 21.6. The minimum absolute atomic E-state index is 0.396. The Hall–Kier alpha value is -1.91. The van der Waals surface area contributed by atoms with Gasteiger partial charge in [-0.15, -0.1) is 0 Å². The van der Waals surface area contributed by atoms with E-state index in [0.29, 0.717) is 6.42 Å². The van der Waals surface area contributed by atoms with Crippen LogP contribution < -0.4 is 0 Å². The average molecular weight is 405 g/mol. The molecule has 0 saturated heterocycles. The second kappa shape index (κ2) is 20.8. The van der Waals surface area contributed by atoms with Crippen LogP contribution in [0.2, 0.25) is 0 Å². The molecule has 0 bridgehead atoms. The van der Waals surface area contributed by atoms with E-state index in [1.54, 1.807) is 25.2 Å². The first-order chi connectivity index (χ1) is 14.2. The molecule has 4 heteroatoms. The normalized spacial score (nSPS) is 14.8. The highest BCUT2D eigenvalue weighted by molar-refractivity contribution is 5.82. The number of hydrogen-bond donors (Lipinski definition) is 2. The Labute approximate surface area is 177 Å². The molecule has 0 radical (unpaired) electrons. The molecule has 0 aromatic rings. The molecule has 0 fully saturated rings. The number of aliphatic hydroxyl groups is 2. The smallest absolute Gasteiger partial charge is 0.331 e. The molecule has 29 heavy (non-hydrogen) atoms. The van der Waals surface area contributed by atoms with Crippen molar-refractivity contribution < 1.29 is 19.7 Å². The van der Waals surface area contributed by atoms with Crippen LogP contribution in [-0.4, -0.2) is 35.0 Å². The van der Waals surface area contributed by atoms with Crippen molar-refractivity contribution >= 4 is 5.97 Å². The maximum atomic E-state index is 11.6. The second-order valence-electron chi connectivity index (χ2n) is 6.99. The summed E-state index contributed by atoms with van der Waals surface area (Å²) in [4.78, 5) is 11.6. The molecule has 0 aliphatic carbocycles. The largest absolute Gasteiger partial charge is 0.454 e. The predicted octanol–water partition coefficient (Wildman–Crippen LogP) is 5.58. The lowest BCUT2D eigenvalue weighted by molar-refractivity contribution is -0.152. The maximum Gasteiger partial charge on any atom is 0.331 e. The Kier molecular flexibility index (Phi) is 19.4. The highest BCUT2D eigenvalue weighted by Gasteiger charge is 2.19. The molecule has 0 spiro atoms. The molecule has 164 valence electrons. The molecule has 0 aromatic heterocycles. The van der Waals surface area contributed by atoms with Gasteiger partial charge >= 0.3 is 5.97 Å². The minimum Gasteiger partial charge on any atom is -0.454 e. The van der Waals surface area contributed by atoms with Crippen LogP contribution in [0, 0.1) is 0 Å². The standard InChI is InChI=1S/C25H40O4/c1-3-5-6-7-8-9-10-11-12-13-14-15-16-17-18-19-20-21-25(28)29-24(22-26)23(27)4-2/h12-21,23-24,26-27H,3-11,22H2,1-2H3. The van der Waals surface area contributed by atoms with Crippen molar-refractivity contribution in [3.8, 4) is 0 Å². The molecule has 0 aliphatic heterocycles. The van der Waals surface area contributed by atoms with Crippen LogP contribution in [0.25, 0.3) is 0 Å². The lowest BCUT2D eigenvalue weighted by Crippen LogP contribution is -2.33. The van der Waals surface area contributed by atoms with E-state index in [1.165, 1.54) is 51.0 Å². The number of ether oxygens (including phenoxy) is 1. The van der Waals surface area contributed by atoms with E-state index in [0.717, 1.165) is 6.42 Å². The number of carbonyl (C=O) groups excluding carboxylic acids is 1. The number of rotatable bonds is 17. The highest BCUT2D eigenvalue weighted by atomic mass is 16.6. The molecule has 0 heterocycles. The lowest BCUT2D eigenvalue weighted by atomic mass is 10.1. The molecule has 0 saturated carbocycles. The topological polar surface area (TPSA) is 66.8 Å². The van der Waals surface area contributed by atoms with Gasteiger partial charge in [-0.25, -0.2) is 4.79 Å². The minimum atomic E-state index is -0.884. The summed E-state index contributed by atoms with van der Waals surface area (Å²) >= 11 is 0. The zero-order valence-corrected chi connectivity index (χ0v) is 18.2. The van der Waals surface area contributed by atoms with Crippen molar-refractivity contribution in [2.24, 2.45) is 0 Å². The van der Waals surface area contributed by atoms with E-state index in [2.05, 4.69) is 19.1 Å². The summed E-state index contributed by atoms with van der Waals surface area (Å²) in [5.74, 6) is -0.587. The first-order valence-electron chi connectivity index (χ1n) is 11.0. The van der Waals surface area contributed by atoms with E-state index in [4.69, 9.17) is 9.84 Å². The van der Waals surface area contributed by atoms with Crippen LogP contribution in [0.3, 0.4) is 0 Å². The molecular weight excluding hydrogens is 364 g/mol. The maximum absolute atomic E-state index is 11.6. The third-order valence-electron chi connectivity index (χ3n) is 4.42. The van der Waals surface area contributed by atoms with Gasteiger partial charge in [0.25, 0.3) is 0 Å². The van der Waals surface area contributed by atoms with Gasteiger partial charge in [-0.3, -0.25) is 0 Å². The number of aliphatic hydroxyl groups excluding tert-OH is 2. The number of allylic oxidation sites excluding steroid dienone is 9. The van der Waals surface area contributed by atoms with Gasteiger partial charge in [-0.1, -0.05) is 107 Å². The molecule has 0 aliphatic rings. The zero-order valence-electron chi connectivity index (χ0n) is 18.2. The van der Waals surface area contributed by atoms with E-state index >= 15 is 0 Å². The van der Waals surface area contributed by atoms with Gasteiger partial charge in [0.2, 0.25) is 0 Å². The van der Waals surface area contributed by atoms with Crippen molar-refractivity contribution in [1.29, 1.82) is 0 Å². The number of carbonyl (C=O) groups is 1. The molecular formula is C25H40O4. The number of esters is 1. The fourth-order valence-corrected chi connectivity index (χ4v) is 2.60. The van der Waals surface area contributed by atoms with Gasteiger partial charge in [-0.2, -0.15) is 0 Å².